The van der Waals surface area contributed by atoms with Gasteiger partial charge in [0.1, 0.15) is 5.75 Å². The number of fused-ring (bicyclic) bond motifs is 1. The molecule has 0 unspecified atom stereocenters. The van der Waals surface area contributed by atoms with Crippen LogP contribution < -0.4 is 4.74 Å². The molecular formula is C17H12F2N6O3S. The average Bonchev–Trinajstić information content (AvgIpc) is 3.32. The molecule has 0 aliphatic rings. The molecule has 1 N–H and O–H groups in total. The molecule has 0 bridgehead atoms. The second kappa shape index (κ2) is 7.83. The lowest BCUT2D eigenvalue weighted by molar-refractivity contribution is -0.384. The zero-order valence-corrected chi connectivity index (χ0v) is 15.3. The summed E-state index contributed by atoms with van der Waals surface area (Å²) in [5.74, 6) is 0.520. The molecule has 9 nitrogen and oxygen atoms in total. The number of alkyl halides is 2. The Balaban J connectivity index is 1.43. The number of benzene rings is 2. The zero-order valence-electron chi connectivity index (χ0n) is 14.5. The summed E-state index contributed by atoms with van der Waals surface area (Å²) < 4.78 is 30.5. The van der Waals surface area contributed by atoms with Gasteiger partial charge in [-0.3, -0.25) is 10.1 Å². The first kappa shape index (κ1) is 18.8. The Kier molecular flexibility index (Phi) is 5.08. The number of non-ortho nitro benzene ring substituents is 1. The van der Waals surface area contributed by atoms with Crippen LogP contribution in [0.1, 0.15) is 5.69 Å². The van der Waals surface area contributed by atoms with Gasteiger partial charge >= 0.3 is 6.61 Å². The number of nitrogens with one attached hydrogen (secondary N) is 1. The monoisotopic (exact) mass is 418 g/mol. The molecule has 0 fully saturated rings. The molecule has 0 aliphatic heterocycles. The number of ether oxygens (including phenoxy) is 1. The van der Waals surface area contributed by atoms with E-state index in [9.17, 15) is 18.9 Å². The van der Waals surface area contributed by atoms with Crippen LogP contribution in [0.2, 0.25) is 0 Å². The van der Waals surface area contributed by atoms with Gasteiger partial charge in [-0.25, -0.2) is 9.67 Å². The highest BCUT2D eigenvalue weighted by atomic mass is 32.2. The third-order valence-corrected chi connectivity index (χ3v) is 4.79. The molecule has 29 heavy (non-hydrogen) atoms. The van der Waals surface area contributed by atoms with E-state index in [1.165, 1.54) is 40.7 Å². The number of rotatable bonds is 7. The van der Waals surface area contributed by atoms with E-state index in [2.05, 4.69) is 25.0 Å². The fourth-order valence-corrected chi connectivity index (χ4v) is 3.33. The van der Waals surface area contributed by atoms with Crippen LogP contribution >= 0.6 is 11.8 Å². The minimum absolute atomic E-state index is 0.00311. The van der Waals surface area contributed by atoms with Gasteiger partial charge in [-0.2, -0.15) is 8.78 Å². The van der Waals surface area contributed by atoms with Gasteiger partial charge in [0.25, 0.3) is 5.69 Å². The van der Waals surface area contributed by atoms with Gasteiger partial charge in [0.05, 0.1) is 33.5 Å². The molecule has 4 rings (SSSR count). The van der Waals surface area contributed by atoms with Crippen molar-refractivity contribution < 1.29 is 18.4 Å². The summed E-state index contributed by atoms with van der Waals surface area (Å²) in [6.45, 7) is -2.89. The quantitative estimate of drug-likeness (QED) is 0.275. The van der Waals surface area contributed by atoms with Crippen molar-refractivity contribution >= 4 is 28.5 Å². The maximum absolute atomic E-state index is 12.3. The molecule has 0 atom stereocenters. The Hall–Kier alpha value is -3.54. The van der Waals surface area contributed by atoms with Crippen molar-refractivity contribution in [1.29, 1.82) is 0 Å². The summed E-state index contributed by atoms with van der Waals surface area (Å²) in [5, 5.41) is 19.4. The minimum atomic E-state index is -2.89. The topological polar surface area (TPSA) is 112 Å². The van der Waals surface area contributed by atoms with Crippen LogP contribution in [0.5, 0.6) is 5.75 Å². The molecule has 0 amide bonds. The predicted octanol–water partition coefficient (Wildman–Crippen LogP) is 3.95. The maximum atomic E-state index is 12.3. The number of nitro groups is 1. The highest BCUT2D eigenvalue weighted by Crippen LogP contribution is 2.26. The minimum Gasteiger partial charge on any atom is -0.435 e. The molecular weight excluding hydrogens is 406 g/mol. The first-order valence-electron chi connectivity index (χ1n) is 8.21. The first-order chi connectivity index (χ1) is 14.0. The number of halogens is 2. The van der Waals surface area contributed by atoms with Crippen LogP contribution in [0, 0.1) is 10.1 Å². The summed E-state index contributed by atoms with van der Waals surface area (Å²) >= 11 is 1.37. The van der Waals surface area contributed by atoms with E-state index in [-0.39, 0.29) is 11.4 Å². The summed E-state index contributed by atoms with van der Waals surface area (Å²) in [5.41, 5.74) is 2.53. The van der Waals surface area contributed by atoms with Gasteiger partial charge in [0.15, 0.2) is 5.16 Å². The van der Waals surface area contributed by atoms with Crippen molar-refractivity contribution in [3.8, 4) is 11.4 Å². The molecule has 0 aliphatic carbocycles. The predicted molar refractivity (Wildman–Crippen MR) is 100 cm³/mol. The summed E-state index contributed by atoms with van der Waals surface area (Å²) in [7, 11) is 0. The van der Waals surface area contributed by atoms with E-state index in [1.54, 1.807) is 24.4 Å². The van der Waals surface area contributed by atoms with Crippen molar-refractivity contribution in [2.45, 2.75) is 17.5 Å². The van der Waals surface area contributed by atoms with Crippen LogP contribution in [0.15, 0.2) is 53.8 Å². The SMILES string of the molecule is O=[N+]([O-])c1ccc(-n2cc(CSc3nc4ccc(OC(F)F)cc4[nH]3)nn2)cc1. The fraction of sp³-hybridized carbons (Fsp3) is 0.118. The smallest absolute Gasteiger partial charge is 0.387 e. The standard InChI is InChI=1S/C17H12F2N6O3S/c18-16(19)28-13-5-6-14-15(7-13)21-17(20-14)29-9-10-8-24(23-22-10)11-1-3-12(4-2-11)25(26)27/h1-8,16H,9H2,(H,20,21). The van der Waals surface area contributed by atoms with Gasteiger partial charge in [-0.05, 0) is 24.3 Å². The van der Waals surface area contributed by atoms with Gasteiger partial charge < -0.3 is 9.72 Å². The lowest BCUT2D eigenvalue weighted by Crippen LogP contribution is -2.01. The van der Waals surface area contributed by atoms with Gasteiger partial charge in [0.2, 0.25) is 0 Å². The fourth-order valence-electron chi connectivity index (χ4n) is 2.57. The van der Waals surface area contributed by atoms with Crippen molar-refractivity contribution in [2.24, 2.45) is 0 Å². The largest absolute Gasteiger partial charge is 0.435 e. The van der Waals surface area contributed by atoms with Crippen molar-refractivity contribution in [3.05, 3.63) is 64.5 Å². The number of hydrogen-bond acceptors (Lipinski definition) is 7. The van der Waals surface area contributed by atoms with Crippen LogP contribution in [0.25, 0.3) is 16.7 Å². The summed E-state index contributed by atoms with van der Waals surface area (Å²) in [4.78, 5) is 17.7. The first-order valence-corrected chi connectivity index (χ1v) is 9.20. The van der Waals surface area contributed by atoms with E-state index in [1.807, 2.05) is 0 Å². The molecule has 0 spiro atoms. The zero-order chi connectivity index (χ0) is 20.4. The van der Waals surface area contributed by atoms with Crippen LogP contribution in [-0.4, -0.2) is 36.5 Å². The molecule has 0 radical (unpaired) electrons. The number of H-pyrrole nitrogens is 1. The Morgan fingerprint density at radius 1 is 1.24 bits per heavy atom. The molecule has 2 aromatic carbocycles. The van der Waals surface area contributed by atoms with Crippen molar-refractivity contribution in [3.63, 3.8) is 0 Å². The Bertz CT molecular complexity index is 1160. The molecule has 0 saturated carbocycles. The van der Waals surface area contributed by atoms with Gasteiger partial charge in [-0.15, -0.1) is 5.10 Å². The third kappa shape index (κ3) is 4.32. The number of aromatic nitrogens is 5. The van der Waals surface area contributed by atoms with Crippen LogP contribution in [-0.2, 0) is 5.75 Å². The molecule has 2 heterocycles. The van der Waals surface area contributed by atoms with Crippen molar-refractivity contribution in [2.75, 3.05) is 0 Å². The number of nitro benzene ring substituents is 1. The Labute approximate surface area is 165 Å². The van der Waals surface area contributed by atoms with Gasteiger partial charge in [0, 0.05) is 24.0 Å². The molecule has 0 saturated heterocycles. The highest BCUT2D eigenvalue weighted by molar-refractivity contribution is 7.98. The van der Waals surface area contributed by atoms with E-state index in [0.717, 1.165) is 0 Å². The van der Waals surface area contributed by atoms with E-state index in [0.29, 0.717) is 33.3 Å². The number of thioether (sulfide) groups is 1. The maximum Gasteiger partial charge on any atom is 0.387 e. The number of nitrogens with zero attached hydrogens (tertiary/aromatic N) is 5. The van der Waals surface area contributed by atoms with E-state index < -0.39 is 11.5 Å². The van der Waals surface area contributed by atoms with E-state index >= 15 is 0 Å². The Morgan fingerprint density at radius 3 is 2.76 bits per heavy atom. The number of hydrogen-bond donors (Lipinski definition) is 1. The Morgan fingerprint density at radius 2 is 2.03 bits per heavy atom. The molecule has 2 aromatic heterocycles. The second-order valence-electron chi connectivity index (χ2n) is 5.82. The van der Waals surface area contributed by atoms with Crippen LogP contribution in [0.3, 0.4) is 0 Å². The molecule has 4 aromatic rings. The van der Waals surface area contributed by atoms with Crippen LogP contribution in [0.4, 0.5) is 14.5 Å². The van der Waals surface area contributed by atoms with E-state index in [4.69, 9.17) is 0 Å². The summed E-state index contributed by atoms with van der Waals surface area (Å²) in [6.07, 6.45) is 1.71. The second-order valence-corrected chi connectivity index (χ2v) is 6.78. The highest BCUT2D eigenvalue weighted by Gasteiger charge is 2.10. The normalized spacial score (nSPS) is 11.3. The lowest BCUT2D eigenvalue weighted by Gasteiger charge is -2.02. The third-order valence-electron chi connectivity index (χ3n) is 3.88. The van der Waals surface area contributed by atoms with Gasteiger partial charge in [-0.1, -0.05) is 17.0 Å². The number of aromatic amines is 1. The molecule has 148 valence electrons. The lowest BCUT2D eigenvalue weighted by atomic mass is 10.3. The number of imidazole rings is 1. The summed E-state index contributed by atoms with van der Waals surface area (Å²) in [6, 6.07) is 10.4. The average molecular weight is 418 g/mol. The van der Waals surface area contributed by atoms with Crippen molar-refractivity contribution in [1.82, 2.24) is 25.0 Å². The molecule has 12 heteroatoms.